The normalized spacial score (nSPS) is 13.5. The maximum atomic E-state index is 13.6. The van der Waals surface area contributed by atoms with E-state index in [0.717, 1.165) is 5.56 Å². The molecule has 2 amide bonds. The third-order valence-corrected chi connectivity index (χ3v) is 5.61. The highest BCUT2D eigenvalue weighted by Gasteiger charge is 2.42. The Hall–Kier alpha value is -3.88. The van der Waals surface area contributed by atoms with Gasteiger partial charge in [0.1, 0.15) is 5.70 Å². The molecule has 0 N–H and O–H groups in total. The lowest BCUT2D eigenvalue weighted by molar-refractivity contribution is -0.120. The molecule has 0 fully saturated rings. The predicted molar refractivity (Wildman–Crippen MR) is 125 cm³/mol. The predicted octanol–water partition coefficient (Wildman–Crippen LogP) is 5.02. The third kappa shape index (κ3) is 4.01. The summed E-state index contributed by atoms with van der Waals surface area (Å²) in [5.41, 5.74) is 3.25. The SMILES string of the molecule is CCN(Cc1ccccc1)C1=C(c2ccc(Cl)cc2)C(=O)N(c2ccc(C#N)cc2)C1=O. The number of benzene rings is 3. The highest BCUT2D eigenvalue weighted by molar-refractivity contribution is 6.45. The lowest BCUT2D eigenvalue weighted by Gasteiger charge is -2.25. The minimum atomic E-state index is -0.399. The van der Waals surface area contributed by atoms with Crippen LogP contribution < -0.4 is 4.90 Å². The van der Waals surface area contributed by atoms with Crippen molar-refractivity contribution in [2.75, 3.05) is 11.4 Å². The van der Waals surface area contributed by atoms with Crippen LogP contribution >= 0.6 is 11.6 Å². The van der Waals surface area contributed by atoms with Crippen LogP contribution in [0.25, 0.3) is 5.57 Å². The number of amides is 2. The van der Waals surface area contributed by atoms with E-state index in [1.807, 2.05) is 42.2 Å². The van der Waals surface area contributed by atoms with Gasteiger partial charge >= 0.3 is 0 Å². The molecule has 0 aromatic heterocycles. The second-order valence-corrected chi connectivity index (χ2v) is 7.77. The number of likely N-dealkylation sites (N-methyl/N-ethyl adjacent to an activating group) is 1. The minimum Gasteiger partial charge on any atom is -0.362 e. The fraction of sp³-hybridized carbons (Fsp3) is 0.115. The van der Waals surface area contributed by atoms with Crippen molar-refractivity contribution in [1.82, 2.24) is 4.90 Å². The van der Waals surface area contributed by atoms with Gasteiger partial charge in [-0.25, -0.2) is 4.90 Å². The zero-order valence-electron chi connectivity index (χ0n) is 17.5. The Balaban J connectivity index is 1.81. The molecule has 0 saturated heterocycles. The van der Waals surface area contributed by atoms with Gasteiger partial charge < -0.3 is 4.90 Å². The largest absolute Gasteiger partial charge is 0.362 e. The molecule has 32 heavy (non-hydrogen) atoms. The Morgan fingerprint density at radius 2 is 1.56 bits per heavy atom. The molecule has 0 atom stereocenters. The van der Waals surface area contributed by atoms with Gasteiger partial charge in [0.15, 0.2) is 0 Å². The lowest BCUT2D eigenvalue weighted by Crippen LogP contribution is -2.35. The molecule has 0 saturated carbocycles. The number of hydrogen-bond donors (Lipinski definition) is 0. The molecular formula is C26H20ClN3O2. The van der Waals surface area contributed by atoms with Gasteiger partial charge in [0.25, 0.3) is 11.8 Å². The highest BCUT2D eigenvalue weighted by atomic mass is 35.5. The van der Waals surface area contributed by atoms with Crippen molar-refractivity contribution in [1.29, 1.82) is 5.26 Å². The van der Waals surface area contributed by atoms with Gasteiger partial charge in [0, 0.05) is 18.1 Å². The molecule has 5 nitrogen and oxygen atoms in total. The third-order valence-electron chi connectivity index (χ3n) is 5.36. The van der Waals surface area contributed by atoms with Crippen LogP contribution in [0.3, 0.4) is 0 Å². The van der Waals surface area contributed by atoms with E-state index in [1.165, 1.54) is 4.90 Å². The van der Waals surface area contributed by atoms with E-state index in [0.29, 0.717) is 46.2 Å². The molecule has 4 rings (SSSR count). The van der Waals surface area contributed by atoms with Crippen LogP contribution in [0.1, 0.15) is 23.6 Å². The van der Waals surface area contributed by atoms with Gasteiger partial charge in [-0.1, -0.05) is 54.1 Å². The number of anilines is 1. The van der Waals surface area contributed by atoms with Gasteiger partial charge in [-0.2, -0.15) is 5.26 Å². The van der Waals surface area contributed by atoms with E-state index in [1.54, 1.807) is 48.5 Å². The van der Waals surface area contributed by atoms with Crippen LogP contribution in [-0.2, 0) is 16.1 Å². The second kappa shape index (κ2) is 9.09. The van der Waals surface area contributed by atoms with Crippen LogP contribution in [0.15, 0.2) is 84.6 Å². The molecule has 1 heterocycles. The first kappa shape index (κ1) is 21.4. The zero-order valence-corrected chi connectivity index (χ0v) is 18.2. The first-order valence-electron chi connectivity index (χ1n) is 10.2. The maximum Gasteiger partial charge on any atom is 0.282 e. The monoisotopic (exact) mass is 441 g/mol. The van der Waals surface area contributed by atoms with Crippen LogP contribution in [0.5, 0.6) is 0 Å². The summed E-state index contributed by atoms with van der Waals surface area (Å²) in [4.78, 5) is 30.3. The summed E-state index contributed by atoms with van der Waals surface area (Å²) < 4.78 is 0. The molecule has 0 spiro atoms. The maximum absolute atomic E-state index is 13.6. The van der Waals surface area contributed by atoms with Crippen molar-refractivity contribution in [3.05, 3.63) is 106 Å². The van der Waals surface area contributed by atoms with Gasteiger partial charge in [0.05, 0.1) is 22.9 Å². The number of halogens is 1. The molecule has 0 unspecified atom stereocenters. The summed E-state index contributed by atoms with van der Waals surface area (Å²) >= 11 is 6.05. The van der Waals surface area contributed by atoms with Crippen molar-refractivity contribution in [2.24, 2.45) is 0 Å². The average molecular weight is 442 g/mol. The summed E-state index contributed by atoms with van der Waals surface area (Å²) in [7, 11) is 0. The summed E-state index contributed by atoms with van der Waals surface area (Å²) in [6, 6.07) is 25.2. The molecule has 3 aromatic rings. The molecule has 1 aliphatic rings. The first-order chi connectivity index (χ1) is 15.5. The number of hydrogen-bond acceptors (Lipinski definition) is 4. The standard InChI is InChI=1S/C26H20ClN3O2/c1-2-29(17-19-6-4-3-5-7-19)24-23(20-10-12-21(27)13-11-20)25(31)30(26(24)32)22-14-8-18(16-28)9-15-22/h3-15H,2,17H2,1H3. The molecular weight excluding hydrogens is 422 g/mol. The van der Waals surface area contributed by atoms with Crippen molar-refractivity contribution in [2.45, 2.75) is 13.5 Å². The Morgan fingerprint density at radius 1 is 0.906 bits per heavy atom. The van der Waals surface area contributed by atoms with Crippen LogP contribution in [0.2, 0.25) is 5.02 Å². The van der Waals surface area contributed by atoms with E-state index < -0.39 is 5.91 Å². The van der Waals surface area contributed by atoms with E-state index in [4.69, 9.17) is 16.9 Å². The van der Waals surface area contributed by atoms with E-state index in [2.05, 4.69) is 6.07 Å². The molecule has 158 valence electrons. The summed E-state index contributed by atoms with van der Waals surface area (Å²) in [5, 5.41) is 9.62. The van der Waals surface area contributed by atoms with Crippen molar-refractivity contribution >= 4 is 34.7 Å². The van der Waals surface area contributed by atoms with E-state index in [-0.39, 0.29) is 5.91 Å². The minimum absolute atomic E-state index is 0.341. The first-order valence-corrected chi connectivity index (χ1v) is 10.6. The quantitative estimate of drug-likeness (QED) is 0.504. The van der Waals surface area contributed by atoms with E-state index >= 15 is 0 Å². The molecule has 1 aliphatic heterocycles. The second-order valence-electron chi connectivity index (χ2n) is 7.33. The van der Waals surface area contributed by atoms with Gasteiger partial charge in [0.2, 0.25) is 0 Å². The Kier molecular flexibility index (Phi) is 6.07. The number of imide groups is 1. The van der Waals surface area contributed by atoms with Crippen LogP contribution in [-0.4, -0.2) is 23.3 Å². The fourth-order valence-electron chi connectivity index (χ4n) is 3.76. The van der Waals surface area contributed by atoms with Gasteiger partial charge in [-0.3, -0.25) is 9.59 Å². The molecule has 0 aliphatic carbocycles. The number of carbonyl (C=O) groups is 2. The number of nitriles is 1. The van der Waals surface area contributed by atoms with Crippen molar-refractivity contribution in [3.63, 3.8) is 0 Å². The number of nitrogens with zero attached hydrogens (tertiary/aromatic N) is 3. The smallest absolute Gasteiger partial charge is 0.282 e. The fourth-order valence-corrected chi connectivity index (χ4v) is 3.89. The zero-order chi connectivity index (χ0) is 22.7. The average Bonchev–Trinajstić information content (AvgIpc) is 3.08. The van der Waals surface area contributed by atoms with Crippen molar-refractivity contribution in [3.8, 4) is 6.07 Å². The Morgan fingerprint density at radius 3 is 2.16 bits per heavy atom. The van der Waals surface area contributed by atoms with Gasteiger partial charge in [-0.15, -0.1) is 0 Å². The number of carbonyl (C=O) groups excluding carboxylic acids is 2. The number of rotatable bonds is 6. The topological polar surface area (TPSA) is 64.4 Å². The summed E-state index contributed by atoms with van der Waals surface area (Å²) in [5.74, 6) is -0.786. The van der Waals surface area contributed by atoms with E-state index in [9.17, 15) is 9.59 Å². The summed E-state index contributed by atoms with van der Waals surface area (Å²) in [6.45, 7) is 2.99. The molecule has 6 heteroatoms. The van der Waals surface area contributed by atoms with Gasteiger partial charge in [-0.05, 0) is 54.4 Å². The molecule has 0 radical (unpaired) electrons. The summed E-state index contributed by atoms with van der Waals surface area (Å²) in [6.07, 6.45) is 0. The molecule has 0 bridgehead atoms. The Bertz CT molecular complexity index is 1230. The molecule has 3 aromatic carbocycles. The van der Waals surface area contributed by atoms with Crippen molar-refractivity contribution < 1.29 is 9.59 Å². The lowest BCUT2D eigenvalue weighted by atomic mass is 10.0. The highest BCUT2D eigenvalue weighted by Crippen LogP contribution is 2.35. The van der Waals surface area contributed by atoms with Crippen LogP contribution in [0, 0.1) is 11.3 Å². The van der Waals surface area contributed by atoms with Crippen LogP contribution in [0.4, 0.5) is 5.69 Å². The Labute approximate surface area is 191 Å².